The smallest absolute Gasteiger partial charge is 0.187 e. The van der Waals surface area contributed by atoms with E-state index in [1.807, 2.05) is 47.0 Å². The summed E-state index contributed by atoms with van der Waals surface area (Å²) < 4.78 is 8.08. The maximum absolute atomic E-state index is 6.13. The molecule has 28 heavy (non-hydrogen) atoms. The fourth-order valence-electron chi connectivity index (χ4n) is 3.77. The minimum atomic E-state index is 0.247. The van der Waals surface area contributed by atoms with Crippen molar-refractivity contribution in [1.29, 1.82) is 0 Å². The average molecular weight is 373 g/mol. The van der Waals surface area contributed by atoms with E-state index in [-0.39, 0.29) is 5.41 Å². The normalized spacial score (nSPS) is 16.5. The Bertz CT molecular complexity index is 1130. The lowest BCUT2D eigenvalue weighted by atomic mass is 9.82. The van der Waals surface area contributed by atoms with Gasteiger partial charge in [0.15, 0.2) is 11.5 Å². The first-order valence-electron chi connectivity index (χ1n) is 9.75. The summed E-state index contributed by atoms with van der Waals surface area (Å²) in [6.45, 7) is 5.20. The molecule has 6 nitrogen and oxygen atoms in total. The van der Waals surface area contributed by atoms with E-state index >= 15 is 0 Å². The quantitative estimate of drug-likeness (QED) is 0.591. The van der Waals surface area contributed by atoms with Gasteiger partial charge in [0.25, 0.3) is 0 Å². The zero-order valence-electron chi connectivity index (χ0n) is 15.9. The van der Waals surface area contributed by atoms with Gasteiger partial charge in [-0.2, -0.15) is 0 Å². The predicted octanol–water partition coefficient (Wildman–Crippen LogP) is 3.71. The van der Waals surface area contributed by atoms with Crippen LogP contribution in [0.3, 0.4) is 0 Å². The van der Waals surface area contributed by atoms with Crippen molar-refractivity contribution in [3.05, 3.63) is 54.7 Å². The van der Waals surface area contributed by atoms with Gasteiger partial charge in [0.1, 0.15) is 11.4 Å². The highest BCUT2D eigenvalue weighted by molar-refractivity contribution is 5.82. The second kappa shape index (κ2) is 6.87. The van der Waals surface area contributed by atoms with E-state index in [0.717, 1.165) is 66.4 Å². The average Bonchev–Trinajstić information content (AvgIpc) is 3.17. The SMILES string of the molecule is CC1(COc2ccc3nc(-c4nnc5ccccn45)ccc3c2)CCNCC1. The molecule has 1 saturated heterocycles. The molecule has 0 atom stereocenters. The Labute approximate surface area is 163 Å². The maximum atomic E-state index is 6.13. The molecule has 1 aliphatic heterocycles. The second-order valence-electron chi connectivity index (χ2n) is 7.85. The minimum absolute atomic E-state index is 0.247. The third-order valence-corrected chi connectivity index (χ3v) is 5.60. The van der Waals surface area contributed by atoms with Crippen LogP contribution in [0.2, 0.25) is 0 Å². The number of piperidine rings is 1. The van der Waals surface area contributed by atoms with Crippen LogP contribution in [-0.2, 0) is 0 Å². The highest BCUT2D eigenvalue weighted by Gasteiger charge is 2.27. The van der Waals surface area contributed by atoms with Crippen LogP contribution < -0.4 is 10.1 Å². The van der Waals surface area contributed by atoms with E-state index in [9.17, 15) is 0 Å². The van der Waals surface area contributed by atoms with Crippen LogP contribution in [0.15, 0.2) is 54.7 Å². The molecule has 1 aromatic carbocycles. The van der Waals surface area contributed by atoms with Gasteiger partial charge >= 0.3 is 0 Å². The van der Waals surface area contributed by atoms with Crippen molar-refractivity contribution in [1.82, 2.24) is 24.9 Å². The largest absolute Gasteiger partial charge is 0.493 e. The number of pyridine rings is 2. The van der Waals surface area contributed by atoms with Crippen molar-refractivity contribution in [3.8, 4) is 17.3 Å². The predicted molar refractivity (Wildman–Crippen MR) is 109 cm³/mol. The summed E-state index contributed by atoms with van der Waals surface area (Å²) in [6, 6.07) is 16.0. The highest BCUT2D eigenvalue weighted by Crippen LogP contribution is 2.30. The number of rotatable bonds is 4. The topological polar surface area (TPSA) is 64.3 Å². The molecule has 1 N–H and O–H groups in total. The lowest BCUT2D eigenvalue weighted by molar-refractivity contribution is 0.123. The molecule has 0 saturated carbocycles. The summed E-state index contributed by atoms with van der Waals surface area (Å²) in [5.74, 6) is 1.64. The monoisotopic (exact) mass is 373 g/mol. The molecule has 0 spiro atoms. The van der Waals surface area contributed by atoms with Gasteiger partial charge in [-0.1, -0.05) is 19.1 Å². The van der Waals surface area contributed by atoms with E-state index in [1.165, 1.54) is 0 Å². The highest BCUT2D eigenvalue weighted by atomic mass is 16.5. The van der Waals surface area contributed by atoms with Gasteiger partial charge < -0.3 is 10.1 Å². The molecule has 4 heterocycles. The number of hydrogen-bond acceptors (Lipinski definition) is 5. The minimum Gasteiger partial charge on any atom is -0.493 e. The van der Waals surface area contributed by atoms with Crippen LogP contribution in [0, 0.1) is 5.41 Å². The van der Waals surface area contributed by atoms with Crippen LogP contribution >= 0.6 is 0 Å². The molecule has 142 valence electrons. The first-order chi connectivity index (χ1) is 13.7. The molecular weight excluding hydrogens is 350 g/mol. The Morgan fingerprint density at radius 2 is 1.96 bits per heavy atom. The summed E-state index contributed by atoms with van der Waals surface area (Å²) in [4.78, 5) is 4.79. The lowest BCUT2D eigenvalue weighted by Gasteiger charge is -2.33. The Morgan fingerprint density at radius 3 is 2.86 bits per heavy atom. The van der Waals surface area contributed by atoms with Gasteiger partial charge in [0.05, 0.1) is 12.1 Å². The van der Waals surface area contributed by atoms with E-state index in [2.05, 4.69) is 34.6 Å². The van der Waals surface area contributed by atoms with Crippen molar-refractivity contribution < 1.29 is 4.74 Å². The zero-order valence-corrected chi connectivity index (χ0v) is 15.9. The van der Waals surface area contributed by atoms with Gasteiger partial charge in [0, 0.05) is 17.0 Å². The first-order valence-corrected chi connectivity index (χ1v) is 9.75. The van der Waals surface area contributed by atoms with E-state index in [0.29, 0.717) is 0 Å². The van der Waals surface area contributed by atoms with Crippen molar-refractivity contribution in [3.63, 3.8) is 0 Å². The maximum Gasteiger partial charge on any atom is 0.187 e. The Hall–Kier alpha value is -2.99. The van der Waals surface area contributed by atoms with Crippen molar-refractivity contribution in [2.45, 2.75) is 19.8 Å². The van der Waals surface area contributed by atoms with Crippen molar-refractivity contribution >= 4 is 16.6 Å². The molecule has 1 aliphatic rings. The third kappa shape index (κ3) is 3.20. The van der Waals surface area contributed by atoms with Crippen LogP contribution in [0.4, 0.5) is 0 Å². The molecule has 3 aromatic heterocycles. The van der Waals surface area contributed by atoms with Gasteiger partial charge in [-0.25, -0.2) is 4.98 Å². The van der Waals surface area contributed by atoms with Crippen LogP contribution in [0.25, 0.3) is 28.1 Å². The van der Waals surface area contributed by atoms with Crippen molar-refractivity contribution in [2.75, 3.05) is 19.7 Å². The molecule has 0 amide bonds. The molecule has 0 radical (unpaired) electrons. The van der Waals surface area contributed by atoms with Gasteiger partial charge in [0.2, 0.25) is 0 Å². The number of aromatic nitrogens is 4. The molecule has 6 heteroatoms. The first kappa shape index (κ1) is 17.1. The second-order valence-corrected chi connectivity index (χ2v) is 7.85. The molecule has 0 aliphatic carbocycles. The Kier molecular flexibility index (Phi) is 4.20. The number of benzene rings is 1. The fourth-order valence-corrected chi connectivity index (χ4v) is 3.77. The van der Waals surface area contributed by atoms with Crippen molar-refractivity contribution in [2.24, 2.45) is 5.41 Å². The number of hydrogen-bond donors (Lipinski definition) is 1. The zero-order chi connectivity index (χ0) is 19.0. The van der Waals surface area contributed by atoms with Crippen LogP contribution in [0.5, 0.6) is 5.75 Å². The molecule has 5 rings (SSSR count). The Morgan fingerprint density at radius 1 is 1.07 bits per heavy atom. The van der Waals surface area contributed by atoms with E-state index in [1.54, 1.807) is 0 Å². The van der Waals surface area contributed by atoms with Gasteiger partial charge in [-0.05, 0) is 62.3 Å². The molecule has 4 aromatic rings. The Balaban J connectivity index is 1.40. The van der Waals surface area contributed by atoms with Gasteiger partial charge in [-0.15, -0.1) is 10.2 Å². The lowest BCUT2D eigenvalue weighted by Crippen LogP contribution is -2.38. The summed E-state index contributed by atoms with van der Waals surface area (Å²) in [7, 11) is 0. The van der Waals surface area contributed by atoms with Crippen LogP contribution in [-0.4, -0.2) is 39.3 Å². The summed E-state index contributed by atoms with van der Waals surface area (Å²) >= 11 is 0. The summed E-state index contributed by atoms with van der Waals surface area (Å²) in [5, 5.41) is 13.0. The number of nitrogens with one attached hydrogen (secondary N) is 1. The number of fused-ring (bicyclic) bond motifs is 2. The fraction of sp³-hybridized carbons (Fsp3) is 0.318. The number of ether oxygens (including phenoxy) is 1. The molecule has 1 fully saturated rings. The summed E-state index contributed by atoms with van der Waals surface area (Å²) in [6.07, 6.45) is 4.25. The standard InChI is InChI=1S/C22H23N5O/c1-22(9-11-23-12-10-22)15-28-17-6-8-18-16(14-17)5-7-19(24-18)21-26-25-20-4-2-3-13-27(20)21/h2-8,13-14,23H,9-12,15H2,1H3. The van der Waals surface area contributed by atoms with Crippen LogP contribution in [0.1, 0.15) is 19.8 Å². The molecule has 0 unspecified atom stereocenters. The van der Waals surface area contributed by atoms with E-state index in [4.69, 9.17) is 9.72 Å². The number of nitrogens with zero attached hydrogens (tertiary/aromatic N) is 4. The third-order valence-electron chi connectivity index (χ3n) is 5.60. The molecular formula is C22H23N5O. The van der Waals surface area contributed by atoms with E-state index < -0.39 is 0 Å². The summed E-state index contributed by atoms with van der Waals surface area (Å²) in [5.41, 5.74) is 2.79. The van der Waals surface area contributed by atoms with Gasteiger partial charge in [-0.3, -0.25) is 4.40 Å². The molecule has 0 bridgehead atoms.